The summed E-state index contributed by atoms with van der Waals surface area (Å²) >= 11 is 0. The molecule has 0 aliphatic carbocycles. The molecule has 5 heteroatoms. The Morgan fingerprint density at radius 2 is 1.85 bits per heavy atom. The van der Waals surface area contributed by atoms with Gasteiger partial charge in [0.15, 0.2) is 0 Å². The van der Waals surface area contributed by atoms with Gasteiger partial charge >= 0.3 is 51.4 Å². The number of aryl methyl sites for hydroxylation is 1. The van der Waals surface area contributed by atoms with Crippen molar-refractivity contribution in [1.82, 2.24) is 0 Å². The topological polar surface area (TPSA) is 54.4 Å². The Balaban J connectivity index is 0. The second kappa shape index (κ2) is 5.02. The maximum Gasteiger partial charge on any atom is 1.00 e. The van der Waals surface area contributed by atoms with Gasteiger partial charge in [-0.15, -0.1) is 0 Å². The quantitative estimate of drug-likeness (QED) is 0.477. The van der Waals surface area contributed by atoms with Gasteiger partial charge in [-0.3, -0.25) is 4.55 Å². The van der Waals surface area contributed by atoms with Crippen LogP contribution < -0.4 is 51.4 Å². The Kier molecular flexibility index (Phi) is 5.31. The first-order chi connectivity index (χ1) is 5.43. The van der Waals surface area contributed by atoms with Crippen LogP contribution in [0.3, 0.4) is 0 Å². The van der Waals surface area contributed by atoms with Crippen molar-refractivity contribution < 1.29 is 65.8 Å². The van der Waals surface area contributed by atoms with E-state index in [1.54, 1.807) is 26.0 Å². The van der Waals surface area contributed by atoms with Gasteiger partial charge in [-0.2, -0.15) is 8.42 Å². The minimum Gasteiger partial charge on any atom is -1.00 e. The van der Waals surface area contributed by atoms with Crippen molar-refractivity contribution in [1.29, 1.82) is 0 Å². The Bertz CT molecular complexity index is 403. The molecule has 0 saturated carbocycles. The van der Waals surface area contributed by atoms with E-state index in [-0.39, 0.29) is 57.7 Å². The average Bonchev–Trinajstić information content (AvgIpc) is 1.92. The van der Waals surface area contributed by atoms with Gasteiger partial charge in [0.1, 0.15) is 0 Å². The summed E-state index contributed by atoms with van der Waals surface area (Å²) in [5.74, 6) is 0. The van der Waals surface area contributed by atoms with Gasteiger partial charge in [-0.1, -0.05) is 12.1 Å². The normalized spacial score (nSPS) is 10.7. The molecule has 3 nitrogen and oxygen atoms in total. The molecule has 1 rings (SSSR count). The molecule has 0 aliphatic rings. The molecule has 1 N–H and O–H groups in total. The molecule has 0 aromatic heterocycles. The van der Waals surface area contributed by atoms with Crippen LogP contribution in [0.4, 0.5) is 0 Å². The summed E-state index contributed by atoms with van der Waals surface area (Å²) in [5.41, 5.74) is 1.45. The minimum absolute atomic E-state index is 0. The Hall–Kier alpha value is 0.766. The van der Waals surface area contributed by atoms with Crippen molar-refractivity contribution in [3.63, 3.8) is 0 Å². The third-order valence-electron chi connectivity index (χ3n) is 1.83. The van der Waals surface area contributed by atoms with Crippen LogP contribution in [0.2, 0.25) is 0 Å². The van der Waals surface area contributed by atoms with Crippen molar-refractivity contribution in [2.75, 3.05) is 0 Å². The Morgan fingerprint density at radius 3 is 2.23 bits per heavy atom. The molecule has 0 aliphatic heterocycles. The first-order valence-corrected chi connectivity index (χ1v) is 4.90. The predicted molar refractivity (Wildman–Crippen MR) is 46.8 cm³/mol. The number of benzene rings is 1. The van der Waals surface area contributed by atoms with Gasteiger partial charge in [-0.25, -0.2) is 0 Å². The fourth-order valence-electron chi connectivity index (χ4n) is 1.00. The van der Waals surface area contributed by atoms with Crippen LogP contribution in [0.15, 0.2) is 23.1 Å². The van der Waals surface area contributed by atoms with Gasteiger partial charge in [-0.05, 0) is 31.0 Å². The first-order valence-electron chi connectivity index (χ1n) is 3.46. The molecule has 0 bridgehead atoms. The molecular weight excluding hydrogens is 215 g/mol. The van der Waals surface area contributed by atoms with Crippen LogP contribution in [0, 0.1) is 13.8 Å². The molecule has 1 aromatic rings. The fourth-order valence-corrected chi connectivity index (χ4v) is 1.80. The third kappa shape index (κ3) is 3.43. The maximum absolute atomic E-state index is 10.8. The smallest absolute Gasteiger partial charge is 1.00 e. The molecule has 13 heavy (non-hydrogen) atoms. The zero-order valence-electron chi connectivity index (χ0n) is 8.90. The summed E-state index contributed by atoms with van der Waals surface area (Å²) in [5, 5.41) is 0. The summed E-state index contributed by atoms with van der Waals surface area (Å²) in [6, 6.07) is 4.78. The Labute approximate surface area is 122 Å². The summed E-state index contributed by atoms with van der Waals surface area (Å²) in [6.07, 6.45) is 0. The zero-order chi connectivity index (χ0) is 9.35. The fraction of sp³-hybridized carbons (Fsp3) is 0.250. The van der Waals surface area contributed by atoms with Crippen LogP contribution in [-0.4, -0.2) is 13.0 Å². The molecule has 0 fully saturated rings. The summed E-state index contributed by atoms with van der Waals surface area (Å²) in [4.78, 5) is -0.0116. The standard InChI is InChI=1S/C8H10O3S.K.H/c1-6-4-3-5-8(7(6)2)12(9,10)11;;/h3-5H,1-2H3,(H,9,10,11);;/q;+1;-1. The van der Waals surface area contributed by atoms with Crippen molar-refractivity contribution in [2.45, 2.75) is 18.7 Å². The van der Waals surface area contributed by atoms with Gasteiger partial charge in [0.05, 0.1) is 4.90 Å². The third-order valence-corrected chi connectivity index (χ3v) is 2.83. The van der Waals surface area contributed by atoms with E-state index in [1.165, 1.54) is 6.07 Å². The van der Waals surface area contributed by atoms with E-state index < -0.39 is 10.1 Å². The van der Waals surface area contributed by atoms with Crippen LogP contribution >= 0.6 is 0 Å². The van der Waals surface area contributed by atoms with E-state index in [0.717, 1.165) is 5.56 Å². The average molecular weight is 226 g/mol. The number of hydrogen-bond donors (Lipinski definition) is 1. The number of hydrogen-bond acceptors (Lipinski definition) is 2. The molecule has 0 radical (unpaired) electrons. The molecule has 0 atom stereocenters. The van der Waals surface area contributed by atoms with Crippen molar-refractivity contribution in [3.8, 4) is 0 Å². The van der Waals surface area contributed by atoms with Gasteiger partial charge in [0.25, 0.3) is 10.1 Å². The summed E-state index contributed by atoms with van der Waals surface area (Å²) in [6.45, 7) is 3.46. The van der Waals surface area contributed by atoms with Gasteiger partial charge < -0.3 is 1.43 Å². The van der Waals surface area contributed by atoms with E-state index in [0.29, 0.717) is 5.56 Å². The second-order valence-electron chi connectivity index (χ2n) is 2.67. The van der Waals surface area contributed by atoms with Crippen LogP contribution in [0.1, 0.15) is 12.6 Å². The molecule has 0 heterocycles. The molecule has 0 amide bonds. The molecular formula is C8H11KO3S. The van der Waals surface area contributed by atoms with E-state index in [2.05, 4.69) is 0 Å². The predicted octanol–water partition coefficient (Wildman–Crippen LogP) is -1.33. The van der Waals surface area contributed by atoms with Crippen molar-refractivity contribution in [3.05, 3.63) is 29.3 Å². The molecule has 0 unspecified atom stereocenters. The zero-order valence-corrected chi connectivity index (χ0v) is 11.8. The van der Waals surface area contributed by atoms with E-state index >= 15 is 0 Å². The maximum atomic E-state index is 10.8. The van der Waals surface area contributed by atoms with E-state index in [4.69, 9.17) is 4.55 Å². The van der Waals surface area contributed by atoms with E-state index in [9.17, 15) is 8.42 Å². The van der Waals surface area contributed by atoms with E-state index in [1.807, 2.05) is 0 Å². The second-order valence-corrected chi connectivity index (χ2v) is 4.06. The van der Waals surface area contributed by atoms with Crippen molar-refractivity contribution >= 4 is 10.1 Å². The molecule has 68 valence electrons. The Morgan fingerprint density at radius 1 is 1.31 bits per heavy atom. The SMILES string of the molecule is Cc1cccc(S(=O)(=O)O)c1C.[H-].[K+]. The summed E-state index contributed by atoms with van der Waals surface area (Å²) < 4.78 is 30.3. The summed E-state index contributed by atoms with van der Waals surface area (Å²) in [7, 11) is -4.06. The van der Waals surface area contributed by atoms with Crippen LogP contribution in [0.25, 0.3) is 0 Å². The number of rotatable bonds is 1. The van der Waals surface area contributed by atoms with Gasteiger partial charge in [0.2, 0.25) is 0 Å². The minimum atomic E-state index is -4.06. The largest absolute Gasteiger partial charge is 1.00 e. The van der Waals surface area contributed by atoms with Crippen LogP contribution in [-0.2, 0) is 10.1 Å². The molecule has 1 aromatic carbocycles. The van der Waals surface area contributed by atoms with Crippen LogP contribution in [0.5, 0.6) is 0 Å². The monoisotopic (exact) mass is 226 g/mol. The van der Waals surface area contributed by atoms with Crippen molar-refractivity contribution in [2.24, 2.45) is 0 Å². The first kappa shape index (κ1) is 13.8. The molecule has 0 saturated heterocycles. The van der Waals surface area contributed by atoms with Gasteiger partial charge in [0, 0.05) is 0 Å². The molecule has 0 spiro atoms.